The van der Waals surface area contributed by atoms with Crippen molar-refractivity contribution in [2.24, 2.45) is 0 Å². The van der Waals surface area contributed by atoms with Gasteiger partial charge in [-0.1, -0.05) is 11.3 Å². The summed E-state index contributed by atoms with van der Waals surface area (Å²) in [5.74, 6) is -0.0131. The van der Waals surface area contributed by atoms with E-state index in [4.69, 9.17) is 0 Å². The monoisotopic (exact) mass is 297 g/mol. The standard InChI is InChI=1S/C11H15N5O3S/c1-7(2)13-8(17)3-4-12-9-10(16(18)19)15-5-6-20-11(15)14-9/h5-7,12H,3-4H2,1-2H3,(H,13,17). The molecule has 9 heteroatoms. The van der Waals surface area contributed by atoms with Crippen LogP contribution >= 0.6 is 11.3 Å². The summed E-state index contributed by atoms with van der Waals surface area (Å²) in [7, 11) is 0. The van der Waals surface area contributed by atoms with E-state index in [9.17, 15) is 14.9 Å². The highest BCUT2D eigenvalue weighted by atomic mass is 32.1. The van der Waals surface area contributed by atoms with Gasteiger partial charge in [0.15, 0.2) is 0 Å². The molecule has 0 fully saturated rings. The molecule has 0 saturated carbocycles. The van der Waals surface area contributed by atoms with Crippen LogP contribution < -0.4 is 10.6 Å². The maximum atomic E-state index is 11.5. The van der Waals surface area contributed by atoms with Crippen LogP contribution in [0.5, 0.6) is 0 Å². The number of nitro groups is 1. The molecule has 0 aliphatic carbocycles. The van der Waals surface area contributed by atoms with Crippen molar-refractivity contribution in [1.82, 2.24) is 14.7 Å². The van der Waals surface area contributed by atoms with Gasteiger partial charge in [0.1, 0.15) is 6.20 Å². The number of nitrogens with zero attached hydrogens (tertiary/aromatic N) is 3. The molecule has 2 N–H and O–H groups in total. The molecule has 8 nitrogen and oxygen atoms in total. The molecule has 2 aromatic rings. The van der Waals surface area contributed by atoms with E-state index in [0.717, 1.165) is 0 Å². The molecule has 0 unspecified atom stereocenters. The first kappa shape index (κ1) is 14.3. The second-order valence-corrected chi connectivity index (χ2v) is 5.37. The molecule has 1 amide bonds. The quantitative estimate of drug-likeness (QED) is 0.623. The number of carbonyl (C=O) groups excluding carboxylic acids is 1. The van der Waals surface area contributed by atoms with Crippen LogP contribution in [-0.4, -0.2) is 32.8 Å². The average Bonchev–Trinajstić information content (AvgIpc) is 2.86. The molecule has 2 heterocycles. The molecule has 0 atom stereocenters. The Morgan fingerprint density at radius 3 is 3.00 bits per heavy atom. The Kier molecular flexibility index (Phi) is 4.18. The number of hydrogen-bond acceptors (Lipinski definition) is 6. The molecule has 108 valence electrons. The number of thiazole rings is 1. The number of nitrogens with one attached hydrogen (secondary N) is 2. The number of hydrogen-bond donors (Lipinski definition) is 2. The maximum absolute atomic E-state index is 11.5. The van der Waals surface area contributed by atoms with Crippen LogP contribution in [0.15, 0.2) is 11.6 Å². The fourth-order valence-corrected chi connectivity index (χ4v) is 2.46. The van der Waals surface area contributed by atoms with Crippen molar-refractivity contribution in [3.63, 3.8) is 0 Å². The summed E-state index contributed by atoms with van der Waals surface area (Å²) >= 11 is 1.32. The van der Waals surface area contributed by atoms with Gasteiger partial charge in [0.25, 0.3) is 4.96 Å². The predicted molar refractivity (Wildman–Crippen MR) is 76.1 cm³/mol. The van der Waals surface area contributed by atoms with Crippen LogP contribution in [0, 0.1) is 10.1 Å². The summed E-state index contributed by atoms with van der Waals surface area (Å²) in [4.78, 5) is 26.8. The van der Waals surface area contributed by atoms with Gasteiger partial charge in [0.05, 0.1) is 0 Å². The van der Waals surface area contributed by atoms with Crippen molar-refractivity contribution >= 4 is 33.8 Å². The number of anilines is 1. The van der Waals surface area contributed by atoms with Crippen LogP contribution in [0.3, 0.4) is 0 Å². The van der Waals surface area contributed by atoms with Crippen LogP contribution in [0.25, 0.3) is 4.96 Å². The number of imidazole rings is 1. The molecule has 0 aliphatic rings. The van der Waals surface area contributed by atoms with Gasteiger partial charge in [-0.3, -0.25) is 4.79 Å². The molecule has 0 radical (unpaired) electrons. The normalized spacial score (nSPS) is 10.9. The van der Waals surface area contributed by atoms with Crippen molar-refractivity contribution in [2.45, 2.75) is 26.3 Å². The highest BCUT2D eigenvalue weighted by Gasteiger charge is 2.23. The Morgan fingerprint density at radius 2 is 2.35 bits per heavy atom. The molecule has 0 bridgehead atoms. The fraction of sp³-hybridized carbons (Fsp3) is 0.455. The molecule has 2 rings (SSSR count). The smallest absolute Gasteiger partial charge is 0.362 e. The van der Waals surface area contributed by atoms with E-state index >= 15 is 0 Å². The number of amides is 1. The third-order valence-corrected chi connectivity index (χ3v) is 3.26. The number of aromatic nitrogens is 2. The lowest BCUT2D eigenvalue weighted by Gasteiger charge is -2.08. The number of carbonyl (C=O) groups is 1. The molecular weight excluding hydrogens is 282 g/mol. The zero-order valence-electron chi connectivity index (χ0n) is 11.1. The predicted octanol–water partition coefficient (Wildman–Crippen LogP) is 1.63. The van der Waals surface area contributed by atoms with Crippen molar-refractivity contribution < 1.29 is 9.72 Å². The summed E-state index contributed by atoms with van der Waals surface area (Å²) in [6.45, 7) is 4.05. The Balaban J connectivity index is 2.03. The van der Waals surface area contributed by atoms with Gasteiger partial charge >= 0.3 is 5.82 Å². The van der Waals surface area contributed by atoms with Crippen molar-refractivity contribution in [2.75, 3.05) is 11.9 Å². The first-order chi connectivity index (χ1) is 9.49. The van der Waals surface area contributed by atoms with Gasteiger partial charge in [-0.15, -0.1) is 0 Å². The Morgan fingerprint density at radius 1 is 1.60 bits per heavy atom. The van der Waals surface area contributed by atoms with Crippen molar-refractivity contribution in [3.8, 4) is 0 Å². The zero-order valence-corrected chi connectivity index (χ0v) is 11.9. The minimum Gasteiger partial charge on any atom is -0.362 e. The Labute approximate surface area is 119 Å². The van der Waals surface area contributed by atoms with Crippen molar-refractivity contribution in [1.29, 1.82) is 0 Å². The second-order valence-electron chi connectivity index (χ2n) is 4.50. The minimum absolute atomic E-state index is 0.0785. The first-order valence-electron chi connectivity index (χ1n) is 6.12. The van der Waals surface area contributed by atoms with Gasteiger partial charge in [-0.05, 0) is 18.8 Å². The molecular formula is C11H15N5O3S. The summed E-state index contributed by atoms with van der Waals surface area (Å²) in [6, 6.07) is 0.0785. The van der Waals surface area contributed by atoms with Crippen LogP contribution in [0.2, 0.25) is 0 Å². The average molecular weight is 297 g/mol. The molecule has 2 aromatic heterocycles. The summed E-state index contributed by atoms with van der Waals surface area (Å²) in [6.07, 6.45) is 1.84. The molecule has 0 spiro atoms. The topological polar surface area (TPSA) is 102 Å². The third-order valence-electron chi connectivity index (χ3n) is 2.50. The minimum atomic E-state index is -0.483. The summed E-state index contributed by atoms with van der Waals surface area (Å²) in [5, 5.41) is 18.4. The van der Waals surface area contributed by atoms with Crippen LogP contribution in [0.1, 0.15) is 20.3 Å². The van der Waals surface area contributed by atoms with E-state index in [0.29, 0.717) is 11.5 Å². The van der Waals surface area contributed by atoms with Crippen LogP contribution in [-0.2, 0) is 4.79 Å². The SMILES string of the molecule is CC(C)NC(=O)CCNc1nc2sccn2c1[N+](=O)[O-]. The van der Waals surface area contributed by atoms with Crippen LogP contribution in [0.4, 0.5) is 11.6 Å². The third kappa shape index (κ3) is 3.05. The van der Waals surface area contributed by atoms with Gasteiger partial charge < -0.3 is 20.7 Å². The Hall–Kier alpha value is -2.16. The largest absolute Gasteiger partial charge is 0.372 e. The lowest BCUT2D eigenvalue weighted by Crippen LogP contribution is -2.31. The second kappa shape index (κ2) is 5.87. The van der Waals surface area contributed by atoms with Gasteiger partial charge in [0.2, 0.25) is 11.7 Å². The van der Waals surface area contributed by atoms with Crippen molar-refractivity contribution in [3.05, 3.63) is 21.7 Å². The maximum Gasteiger partial charge on any atom is 0.372 e. The van der Waals surface area contributed by atoms with E-state index in [1.165, 1.54) is 15.7 Å². The number of rotatable bonds is 6. The molecule has 20 heavy (non-hydrogen) atoms. The van der Waals surface area contributed by atoms with E-state index in [1.807, 2.05) is 13.8 Å². The molecule has 0 aromatic carbocycles. The highest BCUT2D eigenvalue weighted by molar-refractivity contribution is 7.15. The van der Waals surface area contributed by atoms with E-state index in [2.05, 4.69) is 15.6 Å². The Bertz CT molecular complexity index is 633. The van der Waals surface area contributed by atoms with E-state index in [-0.39, 0.29) is 30.0 Å². The molecule has 0 aliphatic heterocycles. The lowest BCUT2D eigenvalue weighted by atomic mass is 10.3. The first-order valence-corrected chi connectivity index (χ1v) is 7.00. The fourth-order valence-electron chi connectivity index (χ4n) is 1.76. The summed E-state index contributed by atoms with van der Waals surface area (Å²) in [5.41, 5.74) is 0. The lowest BCUT2D eigenvalue weighted by molar-refractivity contribution is -0.389. The molecule has 0 saturated heterocycles. The van der Waals surface area contributed by atoms with Gasteiger partial charge in [0, 0.05) is 24.4 Å². The number of fused-ring (bicyclic) bond motifs is 1. The highest BCUT2D eigenvalue weighted by Crippen LogP contribution is 2.27. The van der Waals surface area contributed by atoms with E-state index < -0.39 is 4.92 Å². The summed E-state index contributed by atoms with van der Waals surface area (Å²) < 4.78 is 1.42. The van der Waals surface area contributed by atoms with Gasteiger partial charge in [-0.2, -0.15) is 9.38 Å². The van der Waals surface area contributed by atoms with E-state index in [1.54, 1.807) is 11.6 Å². The van der Waals surface area contributed by atoms with Gasteiger partial charge in [-0.25, -0.2) is 0 Å². The zero-order chi connectivity index (χ0) is 14.7.